The first-order chi connectivity index (χ1) is 9.28. The van der Waals surface area contributed by atoms with E-state index in [2.05, 4.69) is 49.5 Å². The maximum absolute atomic E-state index is 4.71. The van der Waals surface area contributed by atoms with E-state index in [0.717, 1.165) is 17.1 Å². The summed E-state index contributed by atoms with van der Waals surface area (Å²) in [6.07, 6.45) is 5.29. The molecule has 2 nitrogen and oxygen atoms in total. The number of benzene rings is 1. The first kappa shape index (κ1) is 12.5. The molecule has 0 bridgehead atoms. The molecule has 19 heavy (non-hydrogen) atoms. The van der Waals surface area contributed by atoms with Crippen LogP contribution < -0.4 is 5.32 Å². The van der Waals surface area contributed by atoms with Gasteiger partial charge in [-0.3, -0.25) is 4.98 Å². The molecule has 1 saturated carbocycles. The molecule has 1 aromatic carbocycles. The lowest BCUT2D eigenvalue weighted by Gasteiger charge is -2.21. The van der Waals surface area contributed by atoms with Crippen molar-refractivity contribution >= 4 is 16.6 Å². The van der Waals surface area contributed by atoms with E-state index < -0.39 is 0 Å². The van der Waals surface area contributed by atoms with Crippen LogP contribution in [0.1, 0.15) is 38.3 Å². The van der Waals surface area contributed by atoms with Crippen LogP contribution in [0.4, 0.5) is 5.69 Å². The van der Waals surface area contributed by atoms with Crippen LogP contribution in [0.3, 0.4) is 0 Å². The van der Waals surface area contributed by atoms with E-state index in [-0.39, 0.29) is 0 Å². The van der Waals surface area contributed by atoms with E-state index >= 15 is 0 Å². The molecule has 1 aromatic heterocycles. The average Bonchev–Trinajstić information content (AvgIpc) is 2.87. The van der Waals surface area contributed by atoms with Crippen molar-refractivity contribution in [2.45, 2.75) is 45.6 Å². The summed E-state index contributed by atoms with van der Waals surface area (Å²) in [7, 11) is 0. The normalized spacial score (nSPS) is 22.8. The molecule has 2 aromatic rings. The fraction of sp³-hybridized carbons (Fsp3) is 0.471. The van der Waals surface area contributed by atoms with E-state index in [1.807, 2.05) is 0 Å². The number of aryl methyl sites for hydroxylation is 1. The quantitative estimate of drug-likeness (QED) is 0.870. The zero-order valence-electron chi connectivity index (χ0n) is 11.8. The second-order valence-corrected chi connectivity index (χ2v) is 5.68. The fourth-order valence-electron chi connectivity index (χ4n) is 3.28. The molecular weight excluding hydrogens is 232 g/mol. The number of hydrogen-bond donors (Lipinski definition) is 1. The lowest BCUT2D eigenvalue weighted by atomic mass is 10.00. The van der Waals surface area contributed by atoms with Gasteiger partial charge in [-0.1, -0.05) is 38.0 Å². The van der Waals surface area contributed by atoms with Gasteiger partial charge in [-0.05, 0) is 37.8 Å². The van der Waals surface area contributed by atoms with E-state index in [4.69, 9.17) is 4.98 Å². The average molecular weight is 254 g/mol. The Balaban J connectivity index is 1.94. The molecule has 2 heteroatoms. The highest BCUT2D eigenvalue weighted by molar-refractivity contribution is 5.90. The maximum Gasteiger partial charge on any atom is 0.0936 e. The predicted octanol–water partition coefficient (Wildman–Crippen LogP) is 4.53. The van der Waals surface area contributed by atoms with Crippen molar-refractivity contribution in [2.75, 3.05) is 5.32 Å². The number of pyridine rings is 1. The van der Waals surface area contributed by atoms with Crippen LogP contribution in [0.2, 0.25) is 0 Å². The molecule has 0 spiro atoms. The van der Waals surface area contributed by atoms with Gasteiger partial charge in [-0.25, -0.2) is 0 Å². The summed E-state index contributed by atoms with van der Waals surface area (Å²) in [4.78, 5) is 4.71. The van der Waals surface area contributed by atoms with E-state index in [1.165, 1.54) is 36.8 Å². The number of aromatic nitrogens is 1. The van der Waals surface area contributed by atoms with Crippen LogP contribution in [-0.4, -0.2) is 11.0 Å². The van der Waals surface area contributed by atoms with Crippen molar-refractivity contribution in [1.29, 1.82) is 0 Å². The second-order valence-electron chi connectivity index (χ2n) is 5.68. The predicted molar refractivity (Wildman–Crippen MR) is 81.5 cm³/mol. The van der Waals surface area contributed by atoms with Crippen LogP contribution in [0, 0.1) is 12.8 Å². The second kappa shape index (κ2) is 5.20. The van der Waals surface area contributed by atoms with Gasteiger partial charge in [0.1, 0.15) is 0 Å². The lowest BCUT2D eigenvalue weighted by molar-refractivity contribution is 0.489. The Morgan fingerprint density at radius 1 is 1.21 bits per heavy atom. The van der Waals surface area contributed by atoms with Crippen LogP contribution in [0.15, 0.2) is 30.3 Å². The van der Waals surface area contributed by atoms with Crippen molar-refractivity contribution in [3.63, 3.8) is 0 Å². The van der Waals surface area contributed by atoms with Crippen molar-refractivity contribution in [3.05, 3.63) is 36.0 Å². The SMILES string of the molecule is CCC1CCCC1Nc1cccc2ccc(C)nc12. The third-order valence-corrected chi connectivity index (χ3v) is 4.38. The fourth-order valence-corrected chi connectivity index (χ4v) is 3.28. The van der Waals surface area contributed by atoms with Crippen molar-refractivity contribution < 1.29 is 0 Å². The van der Waals surface area contributed by atoms with Gasteiger partial charge in [0.15, 0.2) is 0 Å². The summed E-state index contributed by atoms with van der Waals surface area (Å²) in [5.74, 6) is 0.820. The number of nitrogens with zero attached hydrogens (tertiary/aromatic N) is 1. The molecule has 0 aliphatic heterocycles. The Labute approximate surface area is 115 Å². The van der Waals surface area contributed by atoms with Crippen LogP contribution in [0.5, 0.6) is 0 Å². The van der Waals surface area contributed by atoms with E-state index in [9.17, 15) is 0 Å². The molecule has 0 radical (unpaired) electrons. The van der Waals surface area contributed by atoms with Gasteiger partial charge in [0, 0.05) is 17.1 Å². The topological polar surface area (TPSA) is 24.9 Å². The Morgan fingerprint density at radius 3 is 2.95 bits per heavy atom. The minimum Gasteiger partial charge on any atom is -0.380 e. The van der Waals surface area contributed by atoms with Crippen LogP contribution >= 0.6 is 0 Å². The Kier molecular flexibility index (Phi) is 3.41. The molecule has 1 heterocycles. The minimum atomic E-state index is 0.623. The van der Waals surface area contributed by atoms with E-state index in [1.54, 1.807) is 0 Å². The van der Waals surface area contributed by atoms with Gasteiger partial charge in [0.05, 0.1) is 11.2 Å². The summed E-state index contributed by atoms with van der Waals surface area (Å²) in [6, 6.07) is 11.3. The van der Waals surface area contributed by atoms with Crippen molar-refractivity contribution in [2.24, 2.45) is 5.92 Å². The smallest absolute Gasteiger partial charge is 0.0936 e. The largest absolute Gasteiger partial charge is 0.380 e. The molecule has 1 aliphatic rings. The lowest BCUT2D eigenvalue weighted by Crippen LogP contribution is -2.23. The highest BCUT2D eigenvalue weighted by Crippen LogP contribution is 2.32. The molecule has 2 unspecified atom stereocenters. The molecule has 100 valence electrons. The molecule has 3 rings (SSSR count). The third kappa shape index (κ3) is 2.44. The molecule has 1 N–H and O–H groups in total. The first-order valence-electron chi connectivity index (χ1n) is 7.41. The highest BCUT2D eigenvalue weighted by Gasteiger charge is 2.25. The van der Waals surface area contributed by atoms with E-state index in [0.29, 0.717) is 6.04 Å². The molecule has 1 fully saturated rings. The molecule has 2 atom stereocenters. The summed E-state index contributed by atoms with van der Waals surface area (Å²) in [5, 5.41) is 4.97. The van der Waals surface area contributed by atoms with Crippen LogP contribution in [-0.2, 0) is 0 Å². The van der Waals surface area contributed by atoms with Gasteiger partial charge < -0.3 is 5.32 Å². The summed E-state index contributed by atoms with van der Waals surface area (Å²) >= 11 is 0. The minimum absolute atomic E-state index is 0.623. The summed E-state index contributed by atoms with van der Waals surface area (Å²) in [6.45, 7) is 4.36. The third-order valence-electron chi connectivity index (χ3n) is 4.38. The number of para-hydroxylation sites is 1. The molecular formula is C17H22N2. The number of rotatable bonds is 3. The van der Waals surface area contributed by atoms with Crippen molar-refractivity contribution in [1.82, 2.24) is 4.98 Å². The number of anilines is 1. The Hall–Kier alpha value is -1.57. The highest BCUT2D eigenvalue weighted by atomic mass is 14.9. The summed E-state index contributed by atoms with van der Waals surface area (Å²) in [5.41, 5.74) is 3.40. The Morgan fingerprint density at radius 2 is 2.11 bits per heavy atom. The number of fused-ring (bicyclic) bond motifs is 1. The molecule has 0 amide bonds. The van der Waals surface area contributed by atoms with Gasteiger partial charge in [0.25, 0.3) is 0 Å². The molecule has 0 saturated heterocycles. The van der Waals surface area contributed by atoms with Gasteiger partial charge in [0.2, 0.25) is 0 Å². The number of nitrogens with one attached hydrogen (secondary N) is 1. The van der Waals surface area contributed by atoms with Crippen LogP contribution in [0.25, 0.3) is 10.9 Å². The van der Waals surface area contributed by atoms with Gasteiger partial charge in [-0.2, -0.15) is 0 Å². The standard InChI is InChI=1S/C17H22N2/c1-3-13-6-4-8-15(13)19-16-9-5-7-14-11-10-12(2)18-17(14)16/h5,7,9-11,13,15,19H,3-4,6,8H2,1-2H3. The maximum atomic E-state index is 4.71. The summed E-state index contributed by atoms with van der Waals surface area (Å²) < 4.78 is 0. The zero-order valence-corrected chi connectivity index (χ0v) is 11.8. The number of hydrogen-bond acceptors (Lipinski definition) is 2. The van der Waals surface area contributed by atoms with Gasteiger partial charge >= 0.3 is 0 Å². The van der Waals surface area contributed by atoms with Crippen molar-refractivity contribution in [3.8, 4) is 0 Å². The monoisotopic (exact) mass is 254 g/mol. The first-order valence-corrected chi connectivity index (χ1v) is 7.41. The van der Waals surface area contributed by atoms with Gasteiger partial charge in [-0.15, -0.1) is 0 Å². The zero-order chi connectivity index (χ0) is 13.2. The Bertz CT molecular complexity index is 576. The molecule has 1 aliphatic carbocycles.